The van der Waals surface area contributed by atoms with Crippen LogP contribution in [-0.4, -0.2) is 19.1 Å². The van der Waals surface area contributed by atoms with Crippen LogP contribution in [0.25, 0.3) is 111 Å². The quantitative estimate of drug-likeness (QED) is 0.151. The number of aromatic nitrogens is 4. The summed E-state index contributed by atoms with van der Waals surface area (Å²) >= 11 is 0. The molecule has 12 rings (SSSR count). The number of rotatable bonds is 7. The summed E-state index contributed by atoms with van der Waals surface area (Å²) in [4.78, 5) is 10.3. The van der Waals surface area contributed by atoms with Gasteiger partial charge in [-0.3, -0.25) is 9.13 Å². The molecule has 0 atom stereocenters. The van der Waals surface area contributed by atoms with Crippen LogP contribution in [0.5, 0.6) is 0 Å². The summed E-state index contributed by atoms with van der Waals surface area (Å²) in [5.74, 6) is 1.85. The summed E-state index contributed by atoms with van der Waals surface area (Å²) in [5, 5.41) is 4.80. The van der Waals surface area contributed by atoms with Crippen molar-refractivity contribution in [3.8, 4) is 67.5 Å². The zero-order valence-electron chi connectivity index (χ0n) is 33.7. The third-order valence-electron chi connectivity index (χ3n) is 12.1. The van der Waals surface area contributed by atoms with E-state index < -0.39 is 0 Å². The van der Waals surface area contributed by atoms with Gasteiger partial charge in [-0.05, 0) is 110 Å². The van der Waals surface area contributed by atoms with Crippen LogP contribution in [0.2, 0.25) is 0 Å². The Morgan fingerprint density at radius 3 is 1.16 bits per heavy atom. The number of hydrogen-bond acceptors (Lipinski definition) is 2. The molecule has 0 spiro atoms. The Labute approximate surface area is 359 Å². The number of fused-ring (bicyclic) bond motifs is 4. The topological polar surface area (TPSA) is 35.6 Å². The molecule has 0 radical (unpaired) electrons. The second kappa shape index (κ2) is 14.7. The van der Waals surface area contributed by atoms with Crippen molar-refractivity contribution in [2.45, 2.75) is 0 Å². The SMILES string of the molecule is c1ccc(-c2c3ccc(-n4c(-c5ccccc5)nc5ccccc54)cc3c(-c3ccccc3)c3ccc(-c4ccc(-n5c(-c6ccccc6)nc6ccccc65)cc4)cc23)cc1. The highest BCUT2D eigenvalue weighted by Crippen LogP contribution is 2.46. The van der Waals surface area contributed by atoms with Gasteiger partial charge in [-0.15, -0.1) is 0 Å². The number of imidazole rings is 2. The molecule has 0 aliphatic carbocycles. The first-order chi connectivity index (χ1) is 30.8. The highest BCUT2D eigenvalue weighted by atomic mass is 15.1. The van der Waals surface area contributed by atoms with Crippen molar-refractivity contribution in [1.29, 1.82) is 0 Å². The predicted octanol–water partition coefficient (Wildman–Crippen LogP) is 15.0. The Bertz CT molecular complexity index is 3590. The van der Waals surface area contributed by atoms with Crippen molar-refractivity contribution in [1.82, 2.24) is 19.1 Å². The molecule has 4 heteroatoms. The lowest BCUT2D eigenvalue weighted by Crippen LogP contribution is -1.99. The third-order valence-corrected chi connectivity index (χ3v) is 12.1. The lowest BCUT2D eigenvalue weighted by Gasteiger charge is -2.20. The molecule has 12 aromatic rings. The van der Waals surface area contributed by atoms with E-state index in [1.807, 2.05) is 6.07 Å². The van der Waals surface area contributed by atoms with Crippen molar-refractivity contribution >= 4 is 43.6 Å². The van der Waals surface area contributed by atoms with E-state index in [1.54, 1.807) is 0 Å². The second-order valence-corrected chi connectivity index (χ2v) is 15.8. The summed E-state index contributed by atoms with van der Waals surface area (Å²) in [6, 6.07) is 82.3. The first-order valence-corrected chi connectivity index (χ1v) is 21.1. The molecule has 0 unspecified atom stereocenters. The van der Waals surface area contributed by atoms with Gasteiger partial charge in [-0.1, -0.05) is 176 Å². The van der Waals surface area contributed by atoms with Crippen LogP contribution >= 0.6 is 0 Å². The van der Waals surface area contributed by atoms with Gasteiger partial charge in [-0.25, -0.2) is 9.97 Å². The van der Waals surface area contributed by atoms with Crippen LogP contribution in [0.1, 0.15) is 0 Å². The van der Waals surface area contributed by atoms with Crippen LogP contribution in [0.3, 0.4) is 0 Å². The smallest absolute Gasteiger partial charge is 0.145 e. The minimum atomic E-state index is 0.921. The van der Waals surface area contributed by atoms with Crippen molar-refractivity contribution in [2.75, 3.05) is 0 Å². The van der Waals surface area contributed by atoms with Crippen LogP contribution < -0.4 is 0 Å². The predicted molar refractivity (Wildman–Crippen MR) is 258 cm³/mol. The van der Waals surface area contributed by atoms with E-state index in [-0.39, 0.29) is 0 Å². The van der Waals surface area contributed by atoms with Gasteiger partial charge in [0.1, 0.15) is 11.6 Å². The summed E-state index contributed by atoms with van der Waals surface area (Å²) in [7, 11) is 0. The fourth-order valence-electron chi connectivity index (χ4n) is 9.31. The Kier molecular flexibility index (Phi) is 8.46. The molecule has 0 saturated heterocycles. The van der Waals surface area contributed by atoms with E-state index >= 15 is 0 Å². The number of nitrogens with zero attached hydrogens (tertiary/aromatic N) is 4. The normalized spacial score (nSPS) is 11.5. The molecule has 0 fully saturated rings. The monoisotopic (exact) mass is 790 g/mol. The Morgan fingerprint density at radius 2 is 0.645 bits per heavy atom. The minimum Gasteiger partial charge on any atom is -0.292 e. The Hall–Kier alpha value is -8.34. The highest BCUT2D eigenvalue weighted by molar-refractivity contribution is 6.22. The van der Waals surface area contributed by atoms with E-state index in [0.717, 1.165) is 67.3 Å². The van der Waals surface area contributed by atoms with E-state index in [4.69, 9.17) is 9.97 Å². The van der Waals surface area contributed by atoms with Crippen LogP contribution in [0.15, 0.2) is 231 Å². The van der Waals surface area contributed by atoms with Gasteiger partial charge >= 0.3 is 0 Å². The summed E-state index contributed by atoms with van der Waals surface area (Å²) in [5.41, 5.74) is 15.5. The van der Waals surface area contributed by atoms with E-state index in [1.165, 1.54) is 43.8 Å². The zero-order chi connectivity index (χ0) is 41.0. The number of hydrogen-bond donors (Lipinski definition) is 0. The zero-order valence-corrected chi connectivity index (χ0v) is 33.7. The fourth-order valence-corrected chi connectivity index (χ4v) is 9.31. The van der Waals surface area contributed by atoms with E-state index in [2.05, 4.69) is 234 Å². The largest absolute Gasteiger partial charge is 0.292 e. The number of para-hydroxylation sites is 4. The van der Waals surface area contributed by atoms with E-state index in [0.29, 0.717) is 0 Å². The summed E-state index contributed by atoms with van der Waals surface area (Å²) in [6.45, 7) is 0. The lowest BCUT2D eigenvalue weighted by atomic mass is 9.84. The molecular formula is C58H38N4. The third kappa shape index (κ3) is 5.92. The maximum atomic E-state index is 5.18. The fraction of sp³-hybridized carbons (Fsp3) is 0. The summed E-state index contributed by atoms with van der Waals surface area (Å²) in [6.07, 6.45) is 0. The minimum absolute atomic E-state index is 0.921. The van der Waals surface area contributed by atoms with Gasteiger partial charge in [0.15, 0.2) is 0 Å². The van der Waals surface area contributed by atoms with Crippen molar-refractivity contribution in [3.05, 3.63) is 231 Å². The van der Waals surface area contributed by atoms with Crippen molar-refractivity contribution in [3.63, 3.8) is 0 Å². The standard InChI is InChI=1S/C58H38N4/c1-5-17-40(18-6-1)55-48-36-34-46(62-54-28-16-14-26-52(54)60-58(62)43-23-11-4-12-24-43)38-50(48)56(41-19-7-2-8-20-41)47-35-31-44(37-49(47)55)39-29-32-45(33-30-39)61-53-27-15-13-25-51(53)59-57(61)42-21-9-3-10-22-42/h1-38H. The lowest BCUT2D eigenvalue weighted by molar-refractivity contribution is 1.10. The molecule has 2 aromatic heterocycles. The van der Waals surface area contributed by atoms with Gasteiger partial charge in [0.05, 0.1) is 22.1 Å². The maximum Gasteiger partial charge on any atom is 0.145 e. The summed E-state index contributed by atoms with van der Waals surface area (Å²) < 4.78 is 4.58. The Morgan fingerprint density at radius 1 is 0.258 bits per heavy atom. The molecule has 62 heavy (non-hydrogen) atoms. The molecular weight excluding hydrogens is 753 g/mol. The molecule has 0 aliphatic heterocycles. The first-order valence-electron chi connectivity index (χ1n) is 21.1. The van der Waals surface area contributed by atoms with Crippen molar-refractivity contribution < 1.29 is 0 Å². The number of benzene rings is 10. The van der Waals surface area contributed by atoms with E-state index in [9.17, 15) is 0 Å². The van der Waals surface area contributed by atoms with Crippen LogP contribution in [-0.2, 0) is 0 Å². The second-order valence-electron chi connectivity index (χ2n) is 15.8. The molecule has 0 aliphatic rings. The molecule has 0 amide bonds. The molecule has 10 aromatic carbocycles. The molecule has 0 bridgehead atoms. The van der Waals surface area contributed by atoms with Crippen LogP contribution in [0, 0.1) is 0 Å². The average Bonchev–Trinajstić information content (AvgIpc) is 3.94. The van der Waals surface area contributed by atoms with Crippen molar-refractivity contribution in [2.24, 2.45) is 0 Å². The molecule has 290 valence electrons. The first kappa shape index (κ1) is 35.6. The van der Waals surface area contributed by atoms with Gasteiger partial charge in [-0.2, -0.15) is 0 Å². The Balaban J connectivity index is 1.08. The van der Waals surface area contributed by atoms with Gasteiger partial charge in [0.2, 0.25) is 0 Å². The molecule has 4 nitrogen and oxygen atoms in total. The van der Waals surface area contributed by atoms with Gasteiger partial charge in [0.25, 0.3) is 0 Å². The van der Waals surface area contributed by atoms with Gasteiger partial charge in [0, 0.05) is 22.5 Å². The van der Waals surface area contributed by atoms with Gasteiger partial charge < -0.3 is 0 Å². The molecule has 0 N–H and O–H groups in total. The molecule has 0 saturated carbocycles. The average molecular weight is 791 g/mol. The maximum absolute atomic E-state index is 5.18. The highest BCUT2D eigenvalue weighted by Gasteiger charge is 2.21. The van der Waals surface area contributed by atoms with Crippen LogP contribution in [0.4, 0.5) is 0 Å². The molecule has 2 heterocycles.